The number of nitrogen functional groups attached to an aromatic ring is 2. The first-order chi connectivity index (χ1) is 7.18. The Morgan fingerprint density at radius 1 is 1.20 bits per heavy atom. The van der Waals surface area contributed by atoms with E-state index in [4.69, 9.17) is 23.1 Å². The zero-order valence-electron chi connectivity index (χ0n) is 8.20. The predicted molar refractivity (Wildman–Crippen MR) is 60.9 cm³/mol. The van der Waals surface area contributed by atoms with Crippen LogP contribution < -0.4 is 21.7 Å². The van der Waals surface area contributed by atoms with E-state index in [2.05, 4.69) is 20.2 Å². The molecule has 5 N–H and O–H groups in total. The van der Waals surface area contributed by atoms with Crippen LogP contribution in [0.3, 0.4) is 0 Å². The summed E-state index contributed by atoms with van der Waals surface area (Å²) < 4.78 is 0. The number of hydrogen-bond acceptors (Lipinski definition) is 6. The van der Waals surface area contributed by atoms with Crippen molar-refractivity contribution in [3.8, 4) is 0 Å². The Labute approximate surface area is 92.6 Å². The van der Waals surface area contributed by atoms with Crippen LogP contribution >= 0.6 is 11.6 Å². The molecule has 0 unspecified atom stereocenters. The van der Waals surface area contributed by atoms with E-state index in [0.717, 1.165) is 26.2 Å². The van der Waals surface area contributed by atoms with Crippen LogP contribution in [0.5, 0.6) is 0 Å². The quantitative estimate of drug-likeness (QED) is 0.572. The van der Waals surface area contributed by atoms with Crippen LogP contribution in [0.1, 0.15) is 0 Å². The Bertz CT molecular complexity index is 362. The Morgan fingerprint density at radius 3 is 2.53 bits per heavy atom. The second-order valence-electron chi connectivity index (χ2n) is 3.35. The summed E-state index contributed by atoms with van der Waals surface area (Å²) in [5, 5.41) is 3.46. The van der Waals surface area contributed by atoms with Gasteiger partial charge in [-0.25, -0.2) is 0 Å². The first kappa shape index (κ1) is 10.3. The van der Waals surface area contributed by atoms with E-state index in [0.29, 0.717) is 11.5 Å². The fourth-order valence-electron chi connectivity index (χ4n) is 1.56. The van der Waals surface area contributed by atoms with Crippen molar-refractivity contribution < 1.29 is 0 Å². The van der Waals surface area contributed by atoms with Gasteiger partial charge in [-0.15, -0.1) is 0 Å². The van der Waals surface area contributed by atoms with Gasteiger partial charge in [0.15, 0.2) is 11.0 Å². The number of nitrogens with one attached hydrogen (secondary N) is 1. The average Bonchev–Trinajstić information content (AvgIpc) is 2.24. The Hall–Kier alpha value is -1.27. The fraction of sp³-hybridized carbons (Fsp3) is 0.500. The molecule has 7 heteroatoms. The van der Waals surface area contributed by atoms with E-state index in [1.807, 2.05) is 0 Å². The minimum absolute atomic E-state index is 0.155. The molecular weight excluding hydrogens is 216 g/mol. The van der Waals surface area contributed by atoms with E-state index in [1.165, 1.54) is 0 Å². The summed E-state index contributed by atoms with van der Waals surface area (Å²) in [5.41, 5.74) is 11.7. The largest absolute Gasteiger partial charge is 0.393 e. The standard InChI is InChI=1S/C8H13ClN6/c9-6-5(10)7(14-8(11)13-6)15-3-1-12-2-4-15/h12H,1-4,10H2,(H2,11,13,14). The lowest BCUT2D eigenvalue weighted by Crippen LogP contribution is -2.44. The molecule has 0 saturated carbocycles. The first-order valence-corrected chi connectivity index (χ1v) is 5.10. The SMILES string of the molecule is Nc1nc(Cl)c(N)c(N2CCNCC2)n1. The van der Waals surface area contributed by atoms with Crippen molar-refractivity contribution in [2.45, 2.75) is 0 Å². The normalized spacial score (nSPS) is 16.7. The lowest BCUT2D eigenvalue weighted by Gasteiger charge is -2.29. The van der Waals surface area contributed by atoms with Gasteiger partial charge in [0.1, 0.15) is 5.69 Å². The maximum absolute atomic E-state index is 5.84. The van der Waals surface area contributed by atoms with Gasteiger partial charge in [-0.2, -0.15) is 9.97 Å². The van der Waals surface area contributed by atoms with Crippen LogP contribution in [0.4, 0.5) is 17.5 Å². The van der Waals surface area contributed by atoms with Crippen molar-refractivity contribution in [3.63, 3.8) is 0 Å². The smallest absolute Gasteiger partial charge is 0.223 e. The van der Waals surface area contributed by atoms with E-state index < -0.39 is 0 Å². The molecule has 0 bridgehead atoms. The Morgan fingerprint density at radius 2 is 1.87 bits per heavy atom. The molecule has 2 rings (SSSR count). The molecule has 1 aromatic rings. The molecule has 0 spiro atoms. The van der Waals surface area contributed by atoms with Crippen molar-refractivity contribution >= 4 is 29.1 Å². The molecule has 0 aliphatic carbocycles. The Kier molecular flexibility index (Phi) is 2.79. The highest BCUT2D eigenvalue weighted by Gasteiger charge is 2.17. The monoisotopic (exact) mass is 228 g/mol. The van der Waals surface area contributed by atoms with Crippen molar-refractivity contribution in [1.29, 1.82) is 0 Å². The molecule has 6 nitrogen and oxygen atoms in total. The fourth-order valence-corrected chi connectivity index (χ4v) is 1.74. The summed E-state index contributed by atoms with van der Waals surface area (Å²) in [5.74, 6) is 0.789. The van der Waals surface area contributed by atoms with Crippen LogP contribution in [0.2, 0.25) is 5.15 Å². The molecule has 0 atom stereocenters. The maximum atomic E-state index is 5.84. The van der Waals surface area contributed by atoms with Crippen LogP contribution in [0.15, 0.2) is 0 Å². The van der Waals surface area contributed by atoms with Crippen LogP contribution in [0, 0.1) is 0 Å². The molecule has 1 aromatic heterocycles. The Balaban J connectivity index is 2.33. The highest BCUT2D eigenvalue weighted by atomic mass is 35.5. The molecule has 0 amide bonds. The zero-order valence-corrected chi connectivity index (χ0v) is 8.96. The van der Waals surface area contributed by atoms with E-state index in [-0.39, 0.29) is 11.1 Å². The van der Waals surface area contributed by atoms with Crippen molar-refractivity contribution in [3.05, 3.63) is 5.15 Å². The highest BCUT2D eigenvalue weighted by molar-refractivity contribution is 6.32. The van der Waals surface area contributed by atoms with Gasteiger partial charge in [-0.05, 0) is 0 Å². The number of piperazine rings is 1. The molecule has 15 heavy (non-hydrogen) atoms. The van der Waals surface area contributed by atoms with Crippen LogP contribution in [-0.2, 0) is 0 Å². The topological polar surface area (TPSA) is 93.1 Å². The minimum atomic E-state index is 0.155. The molecule has 1 saturated heterocycles. The molecular formula is C8H13ClN6. The van der Waals surface area contributed by atoms with Gasteiger partial charge in [0, 0.05) is 26.2 Å². The summed E-state index contributed by atoms with van der Waals surface area (Å²) in [6, 6.07) is 0. The van der Waals surface area contributed by atoms with E-state index in [1.54, 1.807) is 0 Å². The summed E-state index contributed by atoms with van der Waals surface area (Å²) in [4.78, 5) is 9.96. The summed E-state index contributed by atoms with van der Waals surface area (Å²) in [6.45, 7) is 3.50. The lowest BCUT2D eigenvalue weighted by molar-refractivity contribution is 0.585. The van der Waals surface area contributed by atoms with Gasteiger partial charge < -0.3 is 21.7 Å². The van der Waals surface area contributed by atoms with Crippen molar-refractivity contribution in [1.82, 2.24) is 15.3 Å². The molecule has 0 aromatic carbocycles. The van der Waals surface area contributed by atoms with Gasteiger partial charge in [0.25, 0.3) is 0 Å². The number of hydrogen-bond donors (Lipinski definition) is 3. The van der Waals surface area contributed by atoms with Gasteiger partial charge in [0.05, 0.1) is 0 Å². The second kappa shape index (κ2) is 4.08. The molecule has 1 aliphatic rings. The van der Waals surface area contributed by atoms with Crippen LogP contribution in [0.25, 0.3) is 0 Å². The average molecular weight is 229 g/mol. The van der Waals surface area contributed by atoms with Crippen molar-refractivity contribution in [2.75, 3.05) is 42.5 Å². The third kappa shape index (κ3) is 2.05. The number of nitrogens with two attached hydrogens (primary N) is 2. The van der Waals surface area contributed by atoms with E-state index in [9.17, 15) is 0 Å². The maximum Gasteiger partial charge on any atom is 0.223 e. The minimum Gasteiger partial charge on any atom is -0.393 e. The van der Waals surface area contributed by atoms with Crippen molar-refractivity contribution in [2.24, 2.45) is 0 Å². The first-order valence-electron chi connectivity index (χ1n) is 4.72. The summed E-state index contributed by atoms with van der Waals surface area (Å²) in [6.07, 6.45) is 0. The molecule has 2 heterocycles. The van der Waals surface area contributed by atoms with Gasteiger partial charge in [0.2, 0.25) is 5.95 Å². The second-order valence-corrected chi connectivity index (χ2v) is 3.70. The molecule has 82 valence electrons. The van der Waals surface area contributed by atoms with Crippen LogP contribution in [-0.4, -0.2) is 36.1 Å². The van der Waals surface area contributed by atoms with Gasteiger partial charge in [-0.1, -0.05) is 11.6 Å². The van der Waals surface area contributed by atoms with Gasteiger partial charge >= 0.3 is 0 Å². The summed E-state index contributed by atoms with van der Waals surface area (Å²) in [7, 11) is 0. The lowest BCUT2D eigenvalue weighted by atomic mass is 10.3. The zero-order chi connectivity index (χ0) is 10.8. The molecule has 1 fully saturated rings. The summed E-state index contributed by atoms with van der Waals surface area (Å²) >= 11 is 5.84. The number of rotatable bonds is 1. The highest BCUT2D eigenvalue weighted by Crippen LogP contribution is 2.27. The predicted octanol–water partition coefficient (Wildman–Crippen LogP) is -0.296. The number of anilines is 3. The third-order valence-electron chi connectivity index (χ3n) is 2.31. The van der Waals surface area contributed by atoms with E-state index >= 15 is 0 Å². The number of aromatic nitrogens is 2. The molecule has 0 radical (unpaired) electrons. The number of halogens is 1. The molecule has 1 aliphatic heterocycles. The third-order valence-corrected chi connectivity index (χ3v) is 2.60. The van der Waals surface area contributed by atoms with Gasteiger partial charge in [-0.3, -0.25) is 0 Å². The number of nitrogens with zero attached hydrogens (tertiary/aromatic N) is 3.